The van der Waals surface area contributed by atoms with Crippen LogP contribution in [0.1, 0.15) is 19.8 Å². The normalized spacial score (nSPS) is 16.7. The summed E-state index contributed by atoms with van der Waals surface area (Å²) in [6, 6.07) is 4.48. The Kier molecular flexibility index (Phi) is 4.22. The Bertz CT molecular complexity index is 447. The van der Waals surface area contributed by atoms with Crippen LogP contribution in [0.3, 0.4) is 0 Å². The number of benzene rings is 1. The molecule has 1 unspecified atom stereocenters. The fraction of sp³-hybridized carbons (Fsp3) is 0.462. The third-order valence-electron chi connectivity index (χ3n) is 2.97. The van der Waals surface area contributed by atoms with Crippen LogP contribution >= 0.6 is 15.9 Å². The molecule has 98 valence electrons. The highest BCUT2D eigenvalue weighted by Crippen LogP contribution is 2.22. The molecule has 5 heteroatoms. The molecule has 1 amide bonds. The maximum Gasteiger partial charge on any atom is 0.263 e. The Hall–Kier alpha value is -1.10. The lowest BCUT2D eigenvalue weighted by Crippen LogP contribution is -2.38. The first-order valence-corrected chi connectivity index (χ1v) is 6.78. The highest BCUT2D eigenvalue weighted by molar-refractivity contribution is 9.10. The summed E-state index contributed by atoms with van der Waals surface area (Å²) in [6.45, 7) is 3.28. The first-order chi connectivity index (χ1) is 8.58. The first-order valence-electron chi connectivity index (χ1n) is 5.98. The number of carbonyl (C=O) groups is 1. The van der Waals surface area contributed by atoms with Crippen molar-refractivity contribution in [2.75, 3.05) is 13.1 Å². The average molecular weight is 316 g/mol. The van der Waals surface area contributed by atoms with E-state index >= 15 is 0 Å². The Morgan fingerprint density at radius 2 is 2.11 bits per heavy atom. The van der Waals surface area contributed by atoms with Crippen molar-refractivity contribution < 1.29 is 13.9 Å². The van der Waals surface area contributed by atoms with Crippen molar-refractivity contribution >= 4 is 21.8 Å². The zero-order chi connectivity index (χ0) is 13.1. The van der Waals surface area contributed by atoms with Crippen LogP contribution in [0.4, 0.5) is 4.39 Å². The van der Waals surface area contributed by atoms with Crippen LogP contribution in [-0.2, 0) is 4.79 Å². The van der Waals surface area contributed by atoms with Gasteiger partial charge in [0, 0.05) is 19.2 Å². The number of hydrogen-bond donors (Lipinski definition) is 0. The summed E-state index contributed by atoms with van der Waals surface area (Å²) in [5.41, 5.74) is 0. The molecular formula is C13H15BrFNO2. The monoisotopic (exact) mass is 315 g/mol. The minimum Gasteiger partial charge on any atom is -0.481 e. The fourth-order valence-electron chi connectivity index (χ4n) is 2.00. The number of hydrogen-bond acceptors (Lipinski definition) is 2. The number of nitrogens with zero attached hydrogens (tertiary/aromatic N) is 1. The van der Waals surface area contributed by atoms with Crippen LogP contribution < -0.4 is 4.74 Å². The third-order valence-corrected chi connectivity index (χ3v) is 3.61. The van der Waals surface area contributed by atoms with Gasteiger partial charge in [0.2, 0.25) is 0 Å². The molecule has 0 saturated carbocycles. The van der Waals surface area contributed by atoms with Crippen LogP contribution in [0.2, 0.25) is 0 Å². The predicted octanol–water partition coefficient (Wildman–Crippen LogP) is 2.98. The Balaban J connectivity index is 1.99. The molecule has 0 spiro atoms. The van der Waals surface area contributed by atoms with Gasteiger partial charge in [-0.05, 0) is 47.8 Å². The van der Waals surface area contributed by atoms with Gasteiger partial charge in [-0.1, -0.05) is 0 Å². The van der Waals surface area contributed by atoms with E-state index in [1.807, 2.05) is 0 Å². The molecule has 1 aromatic rings. The second kappa shape index (κ2) is 5.69. The molecule has 0 bridgehead atoms. The number of halogens is 2. The van der Waals surface area contributed by atoms with E-state index in [0.717, 1.165) is 25.9 Å². The van der Waals surface area contributed by atoms with E-state index in [0.29, 0.717) is 10.2 Å². The fourth-order valence-corrected chi connectivity index (χ4v) is 2.25. The molecule has 1 aliphatic rings. The summed E-state index contributed by atoms with van der Waals surface area (Å²) in [5, 5.41) is 0. The zero-order valence-electron chi connectivity index (χ0n) is 10.2. The van der Waals surface area contributed by atoms with Gasteiger partial charge in [0.05, 0.1) is 4.47 Å². The Labute approximate surface area is 114 Å². The third kappa shape index (κ3) is 3.02. The molecular weight excluding hydrogens is 301 g/mol. The van der Waals surface area contributed by atoms with E-state index in [-0.39, 0.29) is 5.91 Å². The second-order valence-corrected chi connectivity index (χ2v) is 5.22. The number of amides is 1. The van der Waals surface area contributed by atoms with Crippen LogP contribution in [-0.4, -0.2) is 30.0 Å². The maximum absolute atomic E-state index is 13.3. The highest BCUT2D eigenvalue weighted by Gasteiger charge is 2.24. The van der Waals surface area contributed by atoms with E-state index in [1.165, 1.54) is 6.07 Å². The van der Waals surface area contributed by atoms with Crippen molar-refractivity contribution in [2.45, 2.75) is 25.9 Å². The van der Waals surface area contributed by atoms with Crippen molar-refractivity contribution in [3.05, 3.63) is 28.5 Å². The quantitative estimate of drug-likeness (QED) is 0.858. The molecule has 1 aliphatic heterocycles. The predicted molar refractivity (Wildman–Crippen MR) is 70.0 cm³/mol. The van der Waals surface area contributed by atoms with E-state index in [1.54, 1.807) is 24.0 Å². The summed E-state index contributed by atoms with van der Waals surface area (Å²) >= 11 is 3.07. The SMILES string of the molecule is CC(Oc1ccc(Br)c(F)c1)C(=O)N1CCCC1. The van der Waals surface area contributed by atoms with Crippen molar-refractivity contribution in [3.63, 3.8) is 0 Å². The van der Waals surface area contributed by atoms with Crippen molar-refractivity contribution in [1.82, 2.24) is 4.90 Å². The van der Waals surface area contributed by atoms with Crippen molar-refractivity contribution in [1.29, 1.82) is 0 Å². The van der Waals surface area contributed by atoms with Crippen LogP contribution in [0.25, 0.3) is 0 Å². The summed E-state index contributed by atoms with van der Waals surface area (Å²) in [7, 11) is 0. The van der Waals surface area contributed by atoms with E-state index < -0.39 is 11.9 Å². The lowest BCUT2D eigenvalue weighted by molar-refractivity contribution is -0.136. The molecule has 2 rings (SSSR count). The van der Waals surface area contributed by atoms with Gasteiger partial charge in [0.25, 0.3) is 5.91 Å². The molecule has 1 fully saturated rings. The van der Waals surface area contributed by atoms with E-state index in [4.69, 9.17) is 4.74 Å². The van der Waals surface area contributed by atoms with Gasteiger partial charge in [-0.3, -0.25) is 4.79 Å². The standard InChI is InChI=1S/C13H15BrFNO2/c1-9(13(17)16-6-2-3-7-16)18-10-4-5-11(14)12(15)8-10/h4-5,8-9H,2-3,6-7H2,1H3. The largest absolute Gasteiger partial charge is 0.481 e. The lowest BCUT2D eigenvalue weighted by atomic mass is 10.3. The molecule has 1 heterocycles. The molecule has 0 N–H and O–H groups in total. The molecule has 3 nitrogen and oxygen atoms in total. The number of ether oxygens (including phenoxy) is 1. The molecule has 18 heavy (non-hydrogen) atoms. The molecule has 0 radical (unpaired) electrons. The molecule has 0 aliphatic carbocycles. The summed E-state index contributed by atoms with van der Waals surface area (Å²) in [6.07, 6.45) is 1.51. The van der Waals surface area contributed by atoms with Crippen molar-refractivity contribution in [2.24, 2.45) is 0 Å². The number of likely N-dealkylation sites (tertiary alicyclic amines) is 1. The number of rotatable bonds is 3. The van der Waals surface area contributed by atoms with E-state index in [9.17, 15) is 9.18 Å². The van der Waals surface area contributed by atoms with Gasteiger partial charge in [-0.15, -0.1) is 0 Å². The molecule has 1 atom stereocenters. The Morgan fingerprint density at radius 1 is 1.44 bits per heavy atom. The average Bonchev–Trinajstić information content (AvgIpc) is 2.86. The zero-order valence-corrected chi connectivity index (χ0v) is 11.7. The Morgan fingerprint density at radius 3 is 2.72 bits per heavy atom. The first kappa shape index (κ1) is 13.3. The molecule has 0 aromatic heterocycles. The minimum absolute atomic E-state index is 0.0316. The minimum atomic E-state index is -0.580. The van der Waals surface area contributed by atoms with Gasteiger partial charge >= 0.3 is 0 Å². The molecule has 1 aromatic carbocycles. The smallest absolute Gasteiger partial charge is 0.263 e. The summed E-state index contributed by atoms with van der Waals surface area (Å²) in [5.74, 6) is -0.0557. The lowest BCUT2D eigenvalue weighted by Gasteiger charge is -2.21. The van der Waals surface area contributed by atoms with Crippen molar-refractivity contribution in [3.8, 4) is 5.75 Å². The van der Waals surface area contributed by atoms with Gasteiger partial charge < -0.3 is 9.64 Å². The summed E-state index contributed by atoms with van der Waals surface area (Å²) in [4.78, 5) is 13.8. The van der Waals surface area contributed by atoms with Gasteiger partial charge in [-0.25, -0.2) is 4.39 Å². The topological polar surface area (TPSA) is 29.5 Å². The van der Waals surface area contributed by atoms with Gasteiger partial charge in [0.1, 0.15) is 11.6 Å². The van der Waals surface area contributed by atoms with Crippen LogP contribution in [0, 0.1) is 5.82 Å². The van der Waals surface area contributed by atoms with Crippen LogP contribution in [0.15, 0.2) is 22.7 Å². The maximum atomic E-state index is 13.3. The van der Waals surface area contributed by atoms with E-state index in [2.05, 4.69) is 15.9 Å². The van der Waals surface area contributed by atoms with Gasteiger partial charge in [0.15, 0.2) is 6.10 Å². The second-order valence-electron chi connectivity index (χ2n) is 4.37. The molecule has 1 saturated heterocycles. The van der Waals surface area contributed by atoms with Gasteiger partial charge in [-0.2, -0.15) is 0 Å². The highest BCUT2D eigenvalue weighted by atomic mass is 79.9. The summed E-state index contributed by atoms with van der Waals surface area (Å²) < 4.78 is 19.2. The number of carbonyl (C=O) groups excluding carboxylic acids is 1. The van der Waals surface area contributed by atoms with Crippen LogP contribution in [0.5, 0.6) is 5.75 Å².